The summed E-state index contributed by atoms with van der Waals surface area (Å²) in [5.41, 5.74) is -0.232. The first kappa shape index (κ1) is 67.1. The maximum absolute atomic E-state index is 15.5. The summed E-state index contributed by atoms with van der Waals surface area (Å²) < 4.78 is 7.88. The fraction of sp³-hybridized carbons (Fsp3) is 0.557. The minimum Gasteiger partial charge on any atom is -0.450 e. The predicted octanol–water partition coefficient (Wildman–Crippen LogP) is 5.66. The molecule has 0 spiro atoms. The van der Waals surface area contributed by atoms with Crippen molar-refractivity contribution < 1.29 is 53.0 Å². The number of rotatable bonds is 12. The molecular formula is C61H84I2N8O11. The number of carbonyl (C=O) groups excluding carboxylic acids is 9. The first-order chi connectivity index (χ1) is 38.5. The lowest BCUT2D eigenvalue weighted by atomic mass is 9.94. The van der Waals surface area contributed by atoms with Crippen molar-refractivity contribution in [2.24, 2.45) is 17.8 Å². The first-order valence-corrected chi connectivity index (χ1v) is 30.4. The number of ether oxygens (including phenoxy) is 1. The number of esters is 1. The molecule has 0 saturated carbocycles. The van der Waals surface area contributed by atoms with Crippen molar-refractivity contribution in [2.45, 2.75) is 167 Å². The van der Waals surface area contributed by atoms with Crippen LogP contribution in [0, 0.1) is 24.9 Å². The van der Waals surface area contributed by atoms with Gasteiger partial charge in [-0.25, -0.2) is 4.79 Å². The van der Waals surface area contributed by atoms with Gasteiger partial charge in [-0.2, -0.15) is 0 Å². The third kappa shape index (κ3) is 16.8. The van der Waals surface area contributed by atoms with Crippen LogP contribution in [0.4, 0.5) is 0 Å². The highest BCUT2D eigenvalue weighted by molar-refractivity contribution is 14.1. The maximum Gasteiger partial charge on any atom is 0.332 e. The highest BCUT2D eigenvalue weighted by Gasteiger charge is 2.47. The summed E-state index contributed by atoms with van der Waals surface area (Å²) in [6, 6.07) is 12.9. The van der Waals surface area contributed by atoms with Gasteiger partial charge < -0.3 is 50.3 Å². The number of likely N-dealkylation sites (N-methyl/N-ethyl adjacent to an activating group) is 4. The van der Waals surface area contributed by atoms with E-state index in [1.807, 2.05) is 69.3 Å². The van der Waals surface area contributed by atoms with E-state index < -0.39 is 125 Å². The van der Waals surface area contributed by atoms with Crippen molar-refractivity contribution in [1.82, 2.24) is 40.4 Å². The van der Waals surface area contributed by atoms with Gasteiger partial charge in [0, 0.05) is 60.6 Å². The zero-order valence-corrected chi connectivity index (χ0v) is 53.9. The Kier molecular flexibility index (Phi) is 24.3. The van der Waals surface area contributed by atoms with Crippen LogP contribution in [0.3, 0.4) is 0 Å². The summed E-state index contributed by atoms with van der Waals surface area (Å²) >= 11 is 4.33. The predicted molar refractivity (Wildman–Crippen MR) is 328 cm³/mol. The quantitative estimate of drug-likeness (QED) is 0.128. The number of nitrogens with one attached hydrogen (secondary N) is 3. The first-order valence-electron chi connectivity index (χ1n) is 28.3. The number of aliphatic hydroxyl groups is 1. The highest BCUT2D eigenvalue weighted by Crippen LogP contribution is 2.29. The summed E-state index contributed by atoms with van der Waals surface area (Å²) in [6.07, 6.45) is -0.0703. The molecule has 448 valence electrons. The number of carbonyl (C=O) groups is 9. The number of fused-ring (bicyclic) bond motifs is 1. The lowest BCUT2D eigenvalue weighted by molar-refractivity contribution is -0.177. The number of amides is 8. The molecule has 2 aliphatic heterocycles. The smallest absolute Gasteiger partial charge is 0.332 e. The second-order valence-electron chi connectivity index (χ2n) is 23.1. The van der Waals surface area contributed by atoms with Crippen LogP contribution in [0.1, 0.15) is 117 Å². The molecule has 2 saturated heterocycles. The van der Waals surface area contributed by atoms with Gasteiger partial charge in [0.15, 0.2) is 12.1 Å². The van der Waals surface area contributed by atoms with Crippen LogP contribution in [0.25, 0.3) is 0 Å². The van der Waals surface area contributed by atoms with Crippen LogP contribution in [-0.2, 0) is 60.7 Å². The molecule has 0 radical (unpaired) electrons. The molecule has 0 aliphatic carbocycles. The van der Waals surface area contributed by atoms with E-state index in [1.165, 1.54) is 63.7 Å². The largest absolute Gasteiger partial charge is 0.450 e. The van der Waals surface area contributed by atoms with E-state index in [0.717, 1.165) is 22.5 Å². The third-order valence-corrected chi connectivity index (χ3v) is 17.3. The SMILES string of the molecule is CCC(C)C1NC(=O)C2CCCN2C(=O)C(Cc2cccc(I)c2)N(C)C(=O)C(Cc2cccc(I)c2)NC(=O)[C@H](c2ccccc2)N(C)C(=O)C([C@H](C)CC)OC(=O)C(C(C)(C)O)N(C)C(=O)C(CC(C)C)NC(=O)[C@H](C)N(C)C1=O. The van der Waals surface area contributed by atoms with E-state index in [2.05, 4.69) is 61.1 Å². The average Bonchev–Trinajstić information content (AvgIpc) is 4.01. The molecule has 8 amide bonds. The van der Waals surface area contributed by atoms with E-state index in [4.69, 9.17) is 4.74 Å². The fourth-order valence-electron chi connectivity index (χ4n) is 10.6. The molecule has 4 N–H and O–H groups in total. The van der Waals surface area contributed by atoms with Crippen LogP contribution in [0.5, 0.6) is 0 Å². The number of hydrogen-bond donors (Lipinski definition) is 4. The number of hydrogen-bond acceptors (Lipinski definition) is 11. The number of halogens is 2. The third-order valence-electron chi connectivity index (χ3n) is 16.0. The summed E-state index contributed by atoms with van der Waals surface area (Å²) in [4.78, 5) is 141. The number of benzene rings is 3. The molecule has 8 unspecified atom stereocenters. The summed E-state index contributed by atoms with van der Waals surface area (Å²) in [7, 11) is 5.60. The van der Waals surface area contributed by atoms with Crippen molar-refractivity contribution in [3.8, 4) is 0 Å². The fourth-order valence-corrected chi connectivity index (χ4v) is 11.9. The minimum absolute atomic E-state index is 0.0265. The second-order valence-corrected chi connectivity index (χ2v) is 25.6. The zero-order valence-electron chi connectivity index (χ0n) is 49.6. The van der Waals surface area contributed by atoms with Crippen molar-refractivity contribution in [3.05, 3.63) is 103 Å². The molecule has 11 atom stereocenters. The molecule has 19 nitrogen and oxygen atoms in total. The van der Waals surface area contributed by atoms with Gasteiger partial charge in [0.05, 0.1) is 5.60 Å². The Labute approximate surface area is 511 Å². The Morgan fingerprint density at radius 2 is 1.20 bits per heavy atom. The lowest BCUT2D eigenvalue weighted by Gasteiger charge is -2.39. The molecular weight excluding hydrogens is 1270 g/mol. The van der Waals surface area contributed by atoms with Gasteiger partial charge in [-0.05, 0) is 144 Å². The molecule has 0 aromatic heterocycles. The molecule has 2 fully saturated rings. The zero-order chi connectivity index (χ0) is 61.1. The summed E-state index contributed by atoms with van der Waals surface area (Å²) in [5.74, 6) is -7.88. The molecule has 0 bridgehead atoms. The van der Waals surface area contributed by atoms with Crippen LogP contribution < -0.4 is 16.0 Å². The minimum atomic E-state index is -1.99. The number of nitrogens with zero attached hydrogens (tertiary/aromatic N) is 5. The van der Waals surface area contributed by atoms with Gasteiger partial charge in [-0.3, -0.25) is 38.4 Å². The van der Waals surface area contributed by atoms with E-state index in [9.17, 15) is 29.1 Å². The van der Waals surface area contributed by atoms with E-state index in [0.29, 0.717) is 30.4 Å². The van der Waals surface area contributed by atoms with Gasteiger partial charge >= 0.3 is 5.97 Å². The van der Waals surface area contributed by atoms with Crippen molar-refractivity contribution in [1.29, 1.82) is 0 Å². The topological polar surface area (TPSA) is 235 Å². The van der Waals surface area contributed by atoms with E-state index in [-0.39, 0.29) is 38.1 Å². The Morgan fingerprint density at radius 3 is 1.74 bits per heavy atom. The van der Waals surface area contributed by atoms with Crippen molar-refractivity contribution in [3.63, 3.8) is 0 Å². The van der Waals surface area contributed by atoms with E-state index in [1.54, 1.807) is 51.1 Å². The standard InChI is InChI=1S/C61H84I2N8O11/c1-14-36(5)48-58(78)67(10)38(7)52(72)64-44(30-35(3)4)56(76)70(13)51(61(8,9)81)60(80)82-50(37(6)15-2)59(79)69(12)49(41-24-17-16-18-25-41)54(74)65-45(33-39-22-19-26-42(62)31-39)55(75)68(11)47(34-40-23-20-27-43(63)32-40)57(77)71-29-21-28-46(71)53(73)66-48/h16-20,22-27,31-32,35-38,44-51,81H,14-15,21,28-30,33-34H2,1-13H3,(H,64,72)(H,65,74)(H,66,73)/t36?,37-,38+,44?,45?,46?,47?,48?,49+,50?,51?/m1/s1. The second kappa shape index (κ2) is 29.7. The average molecular weight is 1360 g/mol. The molecule has 2 aliphatic rings. The molecule has 5 rings (SSSR count). The molecule has 3 aromatic carbocycles. The van der Waals surface area contributed by atoms with Gasteiger partial charge in [0.2, 0.25) is 41.4 Å². The Morgan fingerprint density at radius 1 is 0.634 bits per heavy atom. The monoisotopic (exact) mass is 1360 g/mol. The maximum atomic E-state index is 15.5. The lowest BCUT2D eigenvalue weighted by Crippen LogP contribution is -2.62. The normalized spacial score (nSPS) is 25.8. The molecule has 82 heavy (non-hydrogen) atoms. The van der Waals surface area contributed by atoms with Gasteiger partial charge in [-0.15, -0.1) is 0 Å². The number of cyclic esters (lactones) is 1. The Bertz CT molecular complexity index is 2780. The van der Waals surface area contributed by atoms with Crippen LogP contribution in [0.15, 0.2) is 78.9 Å². The molecule has 2 heterocycles. The van der Waals surface area contributed by atoms with Gasteiger partial charge in [0.25, 0.3) is 5.91 Å². The van der Waals surface area contributed by atoms with Crippen molar-refractivity contribution >= 4 is 98.4 Å². The Balaban J connectivity index is 1.73. The van der Waals surface area contributed by atoms with Crippen LogP contribution in [-0.4, -0.2) is 172 Å². The Hall–Kier alpha value is -5.69. The van der Waals surface area contributed by atoms with Gasteiger partial charge in [-0.1, -0.05) is 103 Å². The van der Waals surface area contributed by atoms with E-state index >= 15 is 19.2 Å². The highest BCUT2D eigenvalue weighted by atomic mass is 127. The summed E-state index contributed by atoms with van der Waals surface area (Å²) in [5, 5.41) is 20.4. The summed E-state index contributed by atoms with van der Waals surface area (Å²) in [6.45, 7) is 15.1. The molecule has 21 heteroatoms. The van der Waals surface area contributed by atoms with Gasteiger partial charge in [0.1, 0.15) is 42.3 Å². The van der Waals surface area contributed by atoms with Crippen LogP contribution in [0.2, 0.25) is 0 Å². The molecule has 3 aromatic rings. The van der Waals surface area contributed by atoms with Crippen molar-refractivity contribution in [2.75, 3.05) is 34.7 Å². The van der Waals surface area contributed by atoms with Crippen LogP contribution >= 0.6 is 45.2 Å².